The number of carboxylic acids is 1. The van der Waals surface area contributed by atoms with Crippen molar-refractivity contribution in [1.29, 1.82) is 0 Å². The van der Waals surface area contributed by atoms with Crippen LogP contribution in [0.5, 0.6) is 17.2 Å². The standard InChI is InChI=1S/C99H99N27O9/c1-98(2,134-83(128)57-121-60-103-84-87(121)107-95(110-90(84)124-75-24-14-11-21-67(75)53-106-124)118-43-39-116(40-44-118)81-35-32-69(55-101-81)132-58-65-17-7-5-8-18-65)51-73-71-22-12-15-25-76(71)126(113-73)92-86-89(109-97(112-92)120-47-41-117(42-48-120)82-36-33-70(56-102-82)133-59-66-19-9-6-10-20-66)123(62-105-86)79(50-64-29-30-64)94(131)135-99(3,4)52-74-72-23-13-16-26-77(72)125(114-74)91-85-88(122(61-104-85)78(93(129)130)49-63-27-28-63)108-96(111-91)119-45-37-115(38-46-119)80-34-31-68(127)54-100-80/h5-26,31-36,53-56,60-64,78-79,127H,27-30,37-52,57-59H2,1-4H3,(H,129,130). The minimum absolute atomic E-state index is 0.0819. The molecule has 0 bridgehead atoms. The molecule has 3 aliphatic heterocycles. The average Bonchev–Trinajstić information content (AvgIpc) is 1.60. The minimum Gasteiger partial charge on any atom is -0.506 e. The molecule has 17 aromatic rings. The van der Waals surface area contributed by atoms with Gasteiger partial charge in [-0.05, 0) is 118 Å². The molecule has 3 saturated heterocycles. The van der Waals surface area contributed by atoms with Gasteiger partial charge < -0.3 is 72.3 Å². The molecule has 135 heavy (non-hydrogen) atoms. The summed E-state index contributed by atoms with van der Waals surface area (Å²) in [6, 6.07) is 53.2. The quantitative estimate of drug-likeness (QED) is 0.0381. The molecule has 2 aliphatic carbocycles. The maximum Gasteiger partial charge on any atom is 0.329 e. The molecule has 2 N–H and O–H groups in total. The third-order valence-electron chi connectivity index (χ3n) is 25.9. The summed E-state index contributed by atoms with van der Waals surface area (Å²) in [4.78, 5) is 118. The normalized spacial score (nSPS) is 15.7. The predicted molar refractivity (Wildman–Crippen MR) is 507 cm³/mol. The number of fused-ring (bicyclic) bond motifs is 6. The Kier molecular flexibility index (Phi) is 22.2. The molecule has 5 fully saturated rings. The van der Waals surface area contributed by atoms with E-state index in [0.29, 0.717) is 207 Å². The van der Waals surface area contributed by atoms with Crippen molar-refractivity contribution in [1.82, 2.24) is 103 Å². The highest BCUT2D eigenvalue weighted by Gasteiger charge is 2.40. The molecule has 2 saturated carbocycles. The van der Waals surface area contributed by atoms with E-state index in [-0.39, 0.29) is 37.0 Å². The lowest BCUT2D eigenvalue weighted by atomic mass is 10.00. The number of aromatic nitrogens is 21. The van der Waals surface area contributed by atoms with Gasteiger partial charge in [0.05, 0.1) is 71.7 Å². The maximum absolute atomic E-state index is 15.9. The number of aliphatic carboxylic acids is 1. The van der Waals surface area contributed by atoms with Crippen LogP contribution in [0.4, 0.5) is 35.3 Å². The number of hydrogen-bond acceptors (Lipinski definition) is 29. The van der Waals surface area contributed by atoms with Crippen LogP contribution >= 0.6 is 0 Å². The SMILES string of the molecule is CC(C)(Cc1nn(-c2nc(N3CCN(c4ccc(OCc5ccccc5)cn4)CC3)nc3c2ncn3C(CC2CC2)C(=O)OC(C)(C)Cc2nn(-c3nc(N4CCN(c5ccc(O)cn5)CC4)nc4c3ncn4C(CC3CC3)C(=O)O)c3ccccc23)c2ccccc12)OC(=O)Cn1cnc2c(-n3ncc4ccccc43)nc(N3CCN(c4ccc(OCc5ccccc5)cn4)CC3)nc21. The Bertz CT molecular complexity index is 7250. The molecule has 15 heterocycles. The molecule has 12 aromatic heterocycles. The van der Waals surface area contributed by atoms with Crippen molar-refractivity contribution in [3.63, 3.8) is 0 Å². The van der Waals surface area contributed by atoms with Crippen LogP contribution in [0.25, 0.3) is 83.7 Å². The van der Waals surface area contributed by atoms with Crippen molar-refractivity contribution in [2.75, 3.05) is 108 Å². The summed E-state index contributed by atoms with van der Waals surface area (Å²) in [6.07, 6.45) is 16.6. The molecule has 5 aliphatic rings. The molecule has 0 amide bonds. The van der Waals surface area contributed by atoms with Gasteiger partial charge in [-0.3, -0.25) is 4.79 Å². The van der Waals surface area contributed by atoms with E-state index in [2.05, 4.69) is 34.4 Å². The molecule has 2 unspecified atom stereocenters. The van der Waals surface area contributed by atoms with Crippen molar-refractivity contribution < 1.29 is 43.5 Å². The Morgan fingerprint density at radius 2 is 0.830 bits per heavy atom. The zero-order valence-electron chi connectivity index (χ0n) is 75.1. The Balaban J connectivity index is 0.553. The highest BCUT2D eigenvalue weighted by molar-refractivity contribution is 5.92. The first kappa shape index (κ1) is 84.7. The molecule has 36 heteroatoms. The molecule has 0 radical (unpaired) electrons. The van der Waals surface area contributed by atoms with Gasteiger partial charge in [0.15, 0.2) is 50.9 Å². The van der Waals surface area contributed by atoms with Crippen LogP contribution < -0.4 is 38.9 Å². The van der Waals surface area contributed by atoms with Crippen LogP contribution in [0.3, 0.4) is 0 Å². The fourth-order valence-corrected chi connectivity index (χ4v) is 18.6. The molecule has 684 valence electrons. The number of imidazole rings is 3. The Morgan fingerprint density at radius 1 is 0.415 bits per heavy atom. The summed E-state index contributed by atoms with van der Waals surface area (Å²) in [5, 5.41) is 39.0. The van der Waals surface area contributed by atoms with Gasteiger partial charge in [-0.2, -0.15) is 45.2 Å². The fourth-order valence-electron chi connectivity index (χ4n) is 18.6. The molecular weight excluding hydrogens is 1710 g/mol. The molecule has 0 spiro atoms. The van der Waals surface area contributed by atoms with Gasteiger partial charge in [-0.15, -0.1) is 0 Å². The number of rotatable bonds is 31. The van der Waals surface area contributed by atoms with E-state index < -0.39 is 41.2 Å². The number of carbonyl (C=O) groups is 3. The average molecular weight is 1810 g/mol. The third kappa shape index (κ3) is 17.6. The van der Waals surface area contributed by atoms with Gasteiger partial charge in [0.1, 0.15) is 77.7 Å². The molecule has 36 nitrogen and oxygen atoms in total. The first-order chi connectivity index (χ1) is 65.8. The van der Waals surface area contributed by atoms with Crippen molar-refractivity contribution in [3.8, 4) is 34.7 Å². The number of nitrogens with zero attached hydrogens (tertiary/aromatic N) is 27. The molecule has 2 atom stereocenters. The highest BCUT2D eigenvalue weighted by atomic mass is 16.6. The number of aromatic hydroxyl groups is 1. The maximum atomic E-state index is 15.9. The van der Waals surface area contributed by atoms with Crippen LogP contribution in [-0.2, 0) is 56.5 Å². The van der Waals surface area contributed by atoms with E-state index in [4.69, 9.17) is 89.1 Å². The molecule has 22 rings (SSSR count). The number of ether oxygens (including phenoxy) is 4. The summed E-state index contributed by atoms with van der Waals surface area (Å²) >= 11 is 0. The first-order valence-electron chi connectivity index (χ1n) is 46.0. The van der Waals surface area contributed by atoms with Gasteiger partial charge in [-0.1, -0.05) is 141 Å². The van der Waals surface area contributed by atoms with Crippen molar-refractivity contribution in [3.05, 3.63) is 236 Å². The number of benzene rings is 5. The van der Waals surface area contributed by atoms with E-state index >= 15 is 4.79 Å². The number of piperazine rings is 3. The summed E-state index contributed by atoms with van der Waals surface area (Å²) in [6.45, 7) is 14.9. The van der Waals surface area contributed by atoms with Gasteiger partial charge in [0.25, 0.3) is 0 Å². The second-order valence-electron chi connectivity index (χ2n) is 36.6. The Labute approximate surface area is 774 Å². The first-order valence-corrected chi connectivity index (χ1v) is 46.0. The van der Waals surface area contributed by atoms with Gasteiger partial charge in [0.2, 0.25) is 17.8 Å². The van der Waals surface area contributed by atoms with Crippen LogP contribution in [-0.4, -0.2) is 221 Å². The lowest BCUT2D eigenvalue weighted by Gasteiger charge is -2.35. The fraction of sp³-hybridized carbons (Fsp3) is 0.333. The predicted octanol–water partition coefficient (Wildman–Crippen LogP) is 13.0. The van der Waals surface area contributed by atoms with E-state index in [9.17, 15) is 19.8 Å². The molecule has 5 aromatic carbocycles. The zero-order valence-corrected chi connectivity index (χ0v) is 75.1. The van der Waals surface area contributed by atoms with E-state index in [1.807, 2.05) is 190 Å². The van der Waals surface area contributed by atoms with Crippen molar-refractivity contribution in [2.24, 2.45) is 11.8 Å². The van der Waals surface area contributed by atoms with Crippen LogP contribution in [0.15, 0.2) is 214 Å². The second-order valence-corrected chi connectivity index (χ2v) is 36.6. The summed E-state index contributed by atoms with van der Waals surface area (Å²) < 4.78 is 36.2. The van der Waals surface area contributed by atoms with Gasteiger partial charge in [-0.25, -0.2) is 53.5 Å². The third-order valence-corrected chi connectivity index (χ3v) is 25.9. The van der Waals surface area contributed by atoms with Crippen LogP contribution in [0.1, 0.15) is 101 Å². The lowest BCUT2D eigenvalue weighted by molar-refractivity contribution is -0.161. The number of para-hydroxylation sites is 3. The zero-order chi connectivity index (χ0) is 91.6. The van der Waals surface area contributed by atoms with Gasteiger partial charge in [0, 0.05) is 108 Å². The van der Waals surface area contributed by atoms with Crippen molar-refractivity contribution >= 4 is 119 Å². The number of hydrogen-bond donors (Lipinski definition) is 2. The second kappa shape index (κ2) is 35.4. The largest absolute Gasteiger partial charge is 0.506 e. The number of carboxylic acid groups (broad SMARTS) is 1. The summed E-state index contributed by atoms with van der Waals surface area (Å²) in [5.41, 5.74) is 5.72. The van der Waals surface area contributed by atoms with Crippen LogP contribution in [0.2, 0.25) is 0 Å². The minimum atomic E-state index is -1.18. The van der Waals surface area contributed by atoms with Crippen molar-refractivity contribution in [2.45, 2.75) is 122 Å². The monoisotopic (exact) mass is 1810 g/mol. The smallest absolute Gasteiger partial charge is 0.329 e. The van der Waals surface area contributed by atoms with E-state index in [1.165, 1.54) is 6.20 Å². The number of anilines is 6. The number of carbonyl (C=O) groups excluding carboxylic acids is 2. The topological polar surface area (TPSA) is 371 Å². The Hall–Kier alpha value is -15.8. The number of esters is 2. The van der Waals surface area contributed by atoms with Gasteiger partial charge >= 0.3 is 17.9 Å². The van der Waals surface area contributed by atoms with Crippen LogP contribution in [0, 0.1) is 11.8 Å². The number of pyridine rings is 3. The lowest BCUT2D eigenvalue weighted by Crippen LogP contribution is -2.47. The van der Waals surface area contributed by atoms with E-state index in [0.717, 1.165) is 75.9 Å². The Morgan fingerprint density at radius 3 is 1.30 bits per heavy atom. The highest BCUT2D eigenvalue weighted by Crippen LogP contribution is 2.43. The van der Waals surface area contributed by atoms with E-state index in [1.54, 1.807) is 72.9 Å². The summed E-state index contributed by atoms with van der Waals surface area (Å²) in [7, 11) is 0. The summed E-state index contributed by atoms with van der Waals surface area (Å²) in [5.74, 6) is 4.76. The molecular formula is C99H99N27O9.